The van der Waals surface area contributed by atoms with E-state index in [0.29, 0.717) is 10.2 Å². The van der Waals surface area contributed by atoms with Crippen molar-refractivity contribution in [3.8, 4) is 11.3 Å². The summed E-state index contributed by atoms with van der Waals surface area (Å²) in [5.74, 6) is -4.30. The van der Waals surface area contributed by atoms with Gasteiger partial charge in [0.2, 0.25) is 0 Å². The lowest BCUT2D eigenvalue weighted by Crippen LogP contribution is -2.54. The number of benzene rings is 1. The fourth-order valence-electron chi connectivity index (χ4n) is 5.51. The Morgan fingerprint density at radius 1 is 1.21 bits per heavy atom. The Bertz CT molecular complexity index is 1560. The van der Waals surface area contributed by atoms with Crippen LogP contribution in [0.25, 0.3) is 11.3 Å². The molecule has 1 aromatic carbocycles. The second-order valence-corrected chi connectivity index (χ2v) is 10.8. The van der Waals surface area contributed by atoms with Gasteiger partial charge < -0.3 is 25.2 Å². The fraction of sp³-hybridized carbons (Fsp3) is 0.423. The number of hydrogen-bond donors (Lipinski definition) is 3. The van der Waals surface area contributed by atoms with Crippen LogP contribution >= 0.6 is 11.6 Å². The average Bonchev–Trinajstić information content (AvgIpc) is 3.24. The second kappa shape index (κ2) is 11.2. The molecule has 1 aliphatic carbocycles. The van der Waals surface area contributed by atoms with E-state index in [4.69, 9.17) is 21.5 Å². The number of carbonyl (C=O) groups is 3. The van der Waals surface area contributed by atoms with Crippen LogP contribution in [0.5, 0.6) is 0 Å². The van der Waals surface area contributed by atoms with Crippen molar-refractivity contribution in [2.75, 3.05) is 18.4 Å². The van der Waals surface area contributed by atoms with Crippen LogP contribution in [0.4, 0.5) is 27.6 Å². The summed E-state index contributed by atoms with van der Waals surface area (Å²) in [4.78, 5) is 40.3. The molecule has 2 saturated heterocycles. The van der Waals surface area contributed by atoms with E-state index in [9.17, 15) is 31.5 Å². The maximum Gasteiger partial charge on any atom is 0.435 e. The zero-order chi connectivity index (χ0) is 31.3. The van der Waals surface area contributed by atoms with Crippen molar-refractivity contribution in [1.82, 2.24) is 29.5 Å². The average molecular weight is 630 g/mol. The van der Waals surface area contributed by atoms with E-state index in [0.717, 1.165) is 42.9 Å². The van der Waals surface area contributed by atoms with Gasteiger partial charge in [-0.2, -0.15) is 18.3 Å². The van der Waals surface area contributed by atoms with Gasteiger partial charge in [0.15, 0.2) is 11.5 Å². The molecule has 3 N–H and O–H groups in total. The lowest BCUT2D eigenvalue weighted by atomic mass is 10.1. The van der Waals surface area contributed by atoms with Crippen LogP contribution in [-0.4, -0.2) is 78.7 Å². The number of alkyl halides is 5. The summed E-state index contributed by atoms with van der Waals surface area (Å²) in [6.45, 7) is 1.19. The zero-order valence-electron chi connectivity index (χ0n) is 22.4. The van der Waals surface area contributed by atoms with Gasteiger partial charge in [-0.3, -0.25) is 19.1 Å². The van der Waals surface area contributed by atoms with Crippen LogP contribution in [0.1, 0.15) is 52.0 Å². The smallest absolute Gasteiger partial charge is 0.435 e. The van der Waals surface area contributed by atoms with Crippen molar-refractivity contribution in [2.24, 2.45) is 7.05 Å². The van der Waals surface area contributed by atoms with E-state index in [2.05, 4.69) is 20.7 Å². The van der Waals surface area contributed by atoms with E-state index >= 15 is 0 Å². The van der Waals surface area contributed by atoms with Crippen molar-refractivity contribution in [2.45, 2.75) is 49.5 Å². The molecule has 11 nitrogen and oxygen atoms in total. The molecule has 17 heteroatoms. The van der Waals surface area contributed by atoms with Crippen LogP contribution in [0.3, 0.4) is 0 Å². The molecule has 230 valence electrons. The molecule has 3 unspecified atom stereocenters. The number of imidazole rings is 1. The van der Waals surface area contributed by atoms with Crippen molar-refractivity contribution in [3.05, 3.63) is 52.7 Å². The standard InChI is InChI=1S/C25H23ClF5N7O2.CH2O2/c1-36-18(16-11-37(19-7-24(19,27)28)35-20(16)25(29,30)31)10-33-21(36)22(39)34-12-2-5-15(17(26)6-12)23(40)38-13-3-4-14(38)9-32-8-13;2-1-3/h2,5-6,10-11,13-14,19,32H,3-4,7-9H2,1H3,(H,34,39);1H,(H,2,3). The van der Waals surface area contributed by atoms with Crippen LogP contribution in [0.15, 0.2) is 30.6 Å². The number of carboxylic acid groups (broad SMARTS) is 1. The summed E-state index contributed by atoms with van der Waals surface area (Å²) in [6, 6.07) is 3.19. The van der Waals surface area contributed by atoms with Gasteiger partial charge in [-0.1, -0.05) is 11.6 Å². The normalized spacial score (nSPS) is 22.0. The minimum Gasteiger partial charge on any atom is -0.483 e. The number of anilines is 1. The Balaban J connectivity index is 0.00000118. The molecule has 3 aromatic rings. The Morgan fingerprint density at radius 2 is 1.84 bits per heavy atom. The van der Waals surface area contributed by atoms with Crippen molar-refractivity contribution in [3.63, 3.8) is 0 Å². The van der Waals surface area contributed by atoms with E-state index in [1.807, 2.05) is 4.90 Å². The van der Waals surface area contributed by atoms with Gasteiger partial charge in [0.1, 0.15) is 6.04 Å². The SMILES string of the molecule is Cn1c(-c2cn(C3CC3(F)F)nc2C(F)(F)F)cnc1C(=O)Nc1ccc(C(=O)N2C3CCC2CNC3)c(Cl)c1.O=CO. The summed E-state index contributed by atoms with van der Waals surface area (Å²) in [6.07, 6.45) is -1.75. The first kappa shape index (κ1) is 30.4. The number of nitrogens with zero attached hydrogens (tertiary/aromatic N) is 5. The minimum atomic E-state index is -4.92. The first-order valence-corrected chi connectivity index (χ1v) is 13.4. The molecule has 2 aliphatic heterocycles. The number of halogens is 6. The minimum absolute atomic E-state index is 0.102. The molecule has 1 saturated carbocycles. The molecule has 2 bridgehead atoms. The van der Waals surface area contributed by atoms with Gasteiger partial charge >= 0.3 is 6.18 Å². The number of hydrogen-bond acceptors (Lipinski definition) is 6. The van der Waals surface area contributed by atoms with Crippen molar-refractivity contribution < 1.29 is 41.4 Å². The highest BCUT2D eigenvalue weighted by Crippen LogP contribution is 2.53. The lowest BCUT2D eigenvalue weighted by Gasteiger charge is -2.35. The van der Waals surface area contributed by atoms with Crippen LogP contribution in [0, 0.1) is 0 Å². The Hall–Kier alpha value is -4.05. The van der Waals surface area contributed by atoms with Crippen LogP contribution in [-0.2, 0) is 18.0 Å². The largest absolute Gasteiger partial charge is 0.483 e. The topological polar surface area (TPSA) is 134 Å². The summed E-state index contributed by atoms with van der Waals surface area (Å²) in [7, 11) is 1.33. The second-order valence-electron chi connectivity index (χ2n) is 10.4. The monoisotopic (exact) mass is 629 g/mol. The number of rotatable bonds is 5. The molecule has 4 heterocycles. The Labute approximate surface area is 245 Å². The maximum atomic E-state index is 13.7. The molecular weight excluding hydrogens is 605 g/mol. The first-order chi connectivity index (χ1) is 20.3. The highest BCUT2D eigenvalue weighted by Gasteiger charge is 2.59. The maximum absolute atomic E-state index is 13.7. The quantitative estimate of drug-likeness (QED) is 0.286. The van der Waals surface area contributed by atoms with Gasteiger partial charge in [0.25, 0.3) is 24.2 Å². The highest BCUT2D eigenvalue weighted by molar-refractivity contribution is 6.34. The van der Waals surface area contributed by atoms with E-state index in [-0.39, 0.29) is 46.7 Å². The van der Waals surface area contributed by atoms with E-state index in [1.54, 1.807) is 0 Å². The zero-order valence-corrected chi connectivity index (χ0v) is 23.2. The third kappa shape index (κ3) is 5.80. The van der Waals surface area contributed by atoms with Gasteiger partial charge in [-0.05, 0) is 31.0 Å². The number of piperazine rings is 1. The van der Waals surface area contributed by atoms with Crippen molar-refractivity contribution in [1.29, 1.82) is 0 Å². The summed E-state index contributed by atoms with van der Waals surface area (Å²) in [5, 5.41) is 16.3. The van der Waals surface area contributed by atoms with Gasteiger partial charge in [0, 0.05) is 50.5 Å². The number of amides is 2. The molecule has 2 amide bonds. The number of fused-ring (bicyclic) bond motifs is 2. The van der Waals surface area contributed by atoms with Crippen LogP contribution < -0.4 is 10.6 Å². The van der Waals surface area contributed by atoms with Gasteiger partial charge in [-0.25, -0.2) is 13.8 Å². The fourth-order valence-corrected chi connectivity index (χ4v) is 5.77. The molecule has 6 rings (SSSR count). The van der Waals surface area contributed by atoms with E-state index in [1.165, 1.54) is 25.2 Å². The van der Waals surface area contributed by atoms with Gasteiger partial charge in [-0.15, -0.1) is 0 Å². The first-order valence-electron chi connectivity index (χ1n) is 13.0. The Morgan fingerprint density at radius 3 is 2.40 bits per heavy atom. The molecule has 3 fully saturated rings. The third-order valence-electron chi connectivity index (χ3n) is 7.65. The number of carbonyl (C=O) groups excluding carboxylic acids is 2. The lowest BCUT2D eigenvalue weighted by molar-refractivity contribution is -0.141. The Kier molecular flexibility index (Phi) is 7.94. The summed E-state index contributed by atoms with van der Waals surface area (Å²) >= 11 is 6.41. The molecule has 0 spiro atoms. The summed E-state index contributed by atoms with van der Waals surface area (Å²) in [5.41, 5.74) is -1.40. The van der Waals surface area contributed by atoms with Crippen LogP contribution in [0.2, 0.25) is 5.02 Å². The molecule has 2 aromatic heterocycles. The number of aromatic nitrogens is 4. The molecule has 3 atom stereocenters. The molecular formula is C26H25ClF5N7O4. The predicted octanol–water partition coefficient (Wildman–Crippen LogP) is 4.07. The van der Waals surface area contributed by atoms with E-state index < -0.39 is 41.7 Å². The third-order valence-corrected chi connectivity index (χ3v) is 7.96. The summed E-state index contributed by atoms with van der Waals surface area (Å²) < 4.78 is 69.8. The predicted molar refractivity (Wildman–Crippen MR) is 142 cm³/mol. The molecule has 0 radical (unpaired) electrons. The number of nitrogens with one attached hydrogen (secondary N) is 2. The molecule has 3 aliphatic rings. The van der Waals surface area contributed by atoms with Gasteiger partial charge in [0.05, 0.1) is 28.0 Å². The highest BCUT2D eigenvalue weighted by atomic mass is 35.5. The molecule has 43 heavy (non-hydrogen) atoms. The van der Waals surface area contributed by atoms with Crippen molar-refractivity contribution >= 4 is 35.6 Å².